The molecule has 82 valence electrons. The molecular weight excluding hydrogens is 195 g/mol. The van der Waals surface area contributed by atoms with Crippen molar-refractivity contribution in [1.82, 2.24) is 4.98 Å². The van der Waals surface area contributed by atoms with Crippen LogP contribution in [0.2, 0.25) is 0 Å². The first-order chi connectivity index (χ1) is 7.18. The molecule has 15 heavy (non-hydrogen) atoms. The zero-order chi connectivity index (χ0) is 10.8. The van der Waals surface area contributed by atoms with Crippen LogP contribution in [0.4, 0.5) is 10.2 Å². The van der Waals surface area contributed by atoms with Crippen molar-refractivity contribution in [2.24, 2.45) is 0 Å². The monoisotopic (exact) mass is 210 g/mol. The van der Waals surface area contributed by atoms with Crippen molar-refractivity contribution in [3.63, 3.8) is 0 Å². The Hall–Kier alpha value is -1.16. The van der Waals surface area contributed by atoms with Gasteiger partial charge in [-0.25, -0.2) is 4.98 Å². The molecule has 1 aromatic heterocycles. The number of hydrogen-bond donors (Lipinski definition) is 0. The van der Waals surface area contributed by atoms with E-state index in [1.54, 1.807) is 6.07 Å². The van der Waals surface area contributed by atoms with Gasteiger partial charge in [-0.15, -0.1) is 0 Å². The lowest BCUT2D eigenvalue weighted by Crippen LogP contribution is -2.37. The summed E-state index contributed by atoms with van der Waals surface area (Å²) < 4.78 is 18.4. The van der Waals surface area contributed by atoms with E-state index in [1.807, 2.05) is 24.9 Å². The molecule has 0 saturated carbocycles. The number of likely N-dealkylation sites (N-methyl/N-ethyl adjacent to an activating group) is 1. The second kappa shape index (κ2) is 4.14. The standard InChI is InChI=1S/C11H15FN2O/c1-8-9(6-7-15-8)14(2)11-5-3-4-10(12)13-11/h3-5,8-9H,6-7H2,1-2H3. The Morgan fingerprint density at radius 1 is 1.53 bits per heavy atom. The fraction of sp³-hybridized carbons (Fsp3) is 0.545. The Bertz CT molecular complexity index is 345. The van der Waals surface area contributed by atoms with Crippen LogP contribution in [0, 0.1) is 5.95 Å². The Morgan fingerprint density at radius 3 is 2.93 bits per heavy atom. The van der Waals surface area contributed by atoms with Crippen LogP contribution in [0.1, 0.15) is 13.3 Å². The molecule has 0 spiro atoms. The molecule has 2 heterocycles. The summed E-state index contributed by atoms with van der Waals surface area (Å²) in [7, 11) is 1.93. The molecule has 0 N–H and O–H groups in total. The third kappa shape index (κ3) is 2.09. The first-order valence-electron chi connectivity index (χ1n) is 5.15. The van der Waals surface area contributed by atoms with Gasteiger partial charge >= 0.3 is 0 Å². The minimum absolute atomic E-state index is 0.181. The minimum atomic E-state index is -0.439. The molecule has 3 nitrogen and oxygen atoms in total. The Morgan fingerprint density at radius 2 is 2.33 bits per heavy atom. The number of aromatic nitrogens is 1. The van der Waals surface area contributed by atoms with Gasteiger partial charge in [0.1, 0.15) is 5.82 Å². The van der Waals surface area contributed by atoms with Crippen LogP contribution in [0.25, 0.3) is 0 Å². The molecule has 4 heteroatoms. The van der Waals surface area contributed by atoms with Gasteiger partial charge in [-0.3, -0.25) is 0 Å². The maximum absolute atomic E-state index is 12.9. The van der Waals surface area contributed by atoms with E-state index in [9.17, 15) is 4.39 Å². The zero-order valence-electron chi connectivity index (χ0n) is 8.98. The number of rotatable bonds is 2. The van der Waals surface area contributed by atoms with E-state index in [0.29, 0.717) is 11.9 Å². The largest absolute Gasteiger partial charge is 0.376 e. The van der Waals surface area contributed by atoms with Crippen LogP contribution in [0.3, 0.4) is 0 Å². The molecule has 1 saturated heterocycles. The minimum Gasteiger partial charge on any atom is -0.376 e. The predicted molar refractivity (Wildman–Crippen MR) is 56.4 cm³/mol. The first-order valence-corrected chi connectivity index (χ1v) is 5.15. The third-order valence-corrected chi connectivity index (χ3v) is 2.90. The molecule has 0 radical (unpaired) electrons. The van der Waals surface area contributed by atoms with Crippen LogP contribution in [-0.2, 0) is 4.74 Å². The summed E-state index contributed by atoms with van der Waals surface area (Å²) in [6.07, 6.45) is 1.15. The smallest absolute Gasteiger partial charge is 0.214 e. The lowest BCUT2D eigenvalue weighted by Gasteiger charge is -2.27. The third-order valence-electron chi connectivity index (χ3n) is 2.90. The van der Waals surface area contributed by atoms with Crippen molar-refractivity contribution < 1.29 is 9.13 Å². The summed E-state index contributed by atoms with van der Waals surface area (Å²) in [6.45, 7) is 2.80. The number of ether oxygens (including phenoxy) is 1. The summed E-state index contributed by atoms with van der Waals surface area (Å²) in [5.41, 5.74) is 0. The van der Waals surface area contributed by atoms with E-state index < -0.39 is 5.95 Å². The summed E-state index contributed by atoms with van der Waals surface area (Å²) in [4.78, 5) is 5.84. The topological polar surface area (TPSA) is 25.4 Å². The van der Waals surface area contributed by atoms with Crippen molar-refractivity contribution in [3.8, 4) is 0 Å². The van der Waals surface area contributed by atoms with Gasteiger partial charge in [-0.2, -0.15) is 4.39 Å². The highest BCUT2D eigenvalue weighted by molar-refractivity contribution is 5.38. The second-order valence-corrected chi connectivity index (χ2v) is 3.86. The molecule has 2 rings (SSSR count). The molecule has 2 unspecified atom stereocenters. The van der Waals surface area contributed by atoms with E-state index in [4.69, 9.17) is 4.74 Å². The average molecular weight is 210 g/mol. The van der Waals surface area contributed by atoms with E-state index in [2.05, 4.69) is 4.98 Å². The highest BCUT2D eigenvalue weighted by Crippen LogP contribution is 2.22. The van der Waals surface area contributed by atoms with Crippen LogP contribution in [0.5, 0.6) is 0 Å². The van der Waals surface area contributed by atoms with Crippen molar-refractivity contribution in [2.75, 3.05) is 18.6 Å². The fourth-order valence-corrected chi connectivity index (χ4v) is 1.99. The maximum Gasteiger partial charge on any atom is 0.214 e. The van der Waals surface area contributed by atoms with Crippen LogP contribution >= 0.6 is 0 Å². The molecule has 0 aliphatic carbocycles. The number of anilines is 1. The summed E-state index contributed by atoms with van der Waals surface area (Å²) in [5.74, 6) is 0.225. The van der Waals surface area contributed by atoms with Gasteiger partial charge in [0.25, 0.3) is 0 Å². The molecule has 0 bridgehead atoms. The highest BCUT2D eigenvalue weighted by Gasteiger charge is 2.28. The van der Waals surface area contributed by atoms with Crippen LogP contribution in [-0.4, -0.2) is 30.8 Å². The highest BCUT2D eigenvalue weighted by atomic mass is 19.1. The lowest BCUT2D eigenvalue weighted by atomic mass is 10.1. The number of halogens is 1. The number of hydrogen-bond acceptors (Lipinski definition) is 3. The van der Waals surface area contributed by atoms with E-state index in [0.717, 1.165) is 13.0 Å². The van der Waals surface area contributed by atoms with Crippen molar-refractivity contribution >= 4 is 5.82 Å². The molecule has 0 aromatic carbocycles. The molecular formula is C11H15FN2O. The van der Waals surface area contributed by atoms with Gasteiger partial charge in [0.2, 0.25) is 5.95 Å². The van der Waals surface area contributed by atoms with Gasteiger partial charge in [-0.1, -0.05) is 6.07 Å². The van der Waals surface area contributed by atoms with Crippen LogP contribution < -0.4 is 4.90 Å². The molecule has 1 aliphatic rings. The second-order valence-electron chi connectivity index (χ2n) is 3.86. The van der Waals surface area contributed by atoms with Crippen LogP contribution in [0.15, 0.2) is 18.2 Å². The van der Waals surface area contributed by atoms with Gasteiger partial charge in [0, 0.05) is 13.7 Å². The van der Waals surface area contributed by atoms with Gasteiger partial charge in [0.05, 0.1) is 12.1 Å². The zero-order valence-corrected chi connectivity index (χ0v) is 8.98. The van der Waals surface area contributed by atoms with Gasteiger partial charge < -0.3 is 9.64 Å². The first kappa shape index (κ1) is 10.4. The average Bonchev–Trinajstić information content (AvgIpc) is 2.63. The molecule has 1 aliphatic heterocycles. The Balaban J connectivity index is 2.16. The Kier molecular flexibility index (Phi) is 2.86. The van der Waals surface area contributed by atoms with Gasteiger partial charge in [0.15, 0.2) is 0 Å². The fourth-order valence-electron chi connectivity index (χ4n) is 1.99. The van der Waals surface area contributed by atoms with E-state index in [-0.39, 0.29) is 6.10 Å². The quantitative estimate of drug-likeness (QED) is 0.696. The normalized spacial score (nSPS) is 25.5. The van der Waals surface area contributed by atoms with E-state index in [1.165, 1.54) is 6.07 Å². The summed E-state index contributed by atoms with van der Waals surface area (Å²) in [5, 5.41) is 0. The molecule has 1 fully saturated rings. The maximum atomic E-state index is 12.9. The molecule has 1 aromatic rings. The van der Waals surface area contributed by atoms with Crippen molar-refractivity contribution in [1.29, 1.82) is 0 Å². The molecule has 2 atom stereocenters. The number of pyridine rings is 1. The predicted octanol–water partition coefficient (Wildman–Crippen LogP) is 1.83. The summed E-state index contributed by atoms with van der Waals surface area (Å²) in [6, 6.07) is 5.13. The lowest BCUT2D eigenvalue weighted by molar-refractivity contribution is 0.118. The molecule has 0 amide bonds. The van der Waals surface area contributed by atoms with Crippen molar-refractivity contribution in [2.45, 2.75) is 25.5 Å². The van der Waals surface area contributed by atoms with Gasteiger partial charge in [-0.05, 0) is 25.5 Å². The van der Waals surface area contributed by atoms with Crippen molar-refractivity contribution in [3.05, 3.63) is 24.1 Å². The van der Waals surface area contributed by atoms with E-state index >= 15 is 0 Å². The SMILES string of the molecule is CC1OCCC1N(C)c1cccc(F)n1. The summed E-state index contributed by atoms with van der Waals surface area (Å²) >= 11 is 0. The number of nitrogens with zero attached hydrogens (tertiary/aromatic N) is 2. The Labute approximate surface area is 88.9 Å².